The van der Waals surface area contributed by atoms with Crippen molar-refractivity contribution in [2.75, 3.05) is 0 Å². The van der Waals surface area contributed by atoms with Crippen LogP contribution in [0.1, 0.15) is 34.9 Å². The van der Waals surface area contributed by atoms with Crippen molar-refractivity contribution in [1.82, 2.24) is 4.72 Å². The van der Waals surface area contributed by atoms with E-state index in [2.05, 4.69) is 20.7 Å². The predicted octanol–water partition coefficient (Wildman–Crippen LogP) is 4.17. The third kappa shape index (κ3) is 3.08. The third-order valence-electron chi connectivity index (χ3n) is 3.79. The van der Waals surface area contributed by atoms with Crippen LogP contribution in [-0.2, 0) is 16.4 Å². The molecular weight excluding hydrogens is 370 g/mol. The van der Waals surface area contributed by atoms with Crippen LogP contribution in [0.2, 0.25) is 0 Å². The Hall–Kier alpha value is -0.690. The zero-order valence-electron chi connectivity index (χ0n) is 11.6. The van der Waals surface area contributed by atoms with E-state index in [1.165, 1.54) is 4.88 Å². The van der Waals surface area contributed by atoms with Crippen molar-refractivity contribution in [1.29, 1.82) is 0 Å². The van der Waals surface area contributed by atoms with Crippen LogP contribution in [0.4, 0.5) is 0 Å². The largest absolute Gasteiger partial charge is 0.241 e. The van der Waals surface area contributed by atoms with Gasteiger partial charge < -0.3 is 0 Å². The summed E-state index contributed by atoms with van der Waals surface area (Å²) in [6, 6.07) is 7.05. The molecule has 112 valence electrons. The van der Waals surface area contributed by atoms with Crippen LogP contribution in [0.5, 0.6) is 0 Å². The van der Waals surface area contributed by atoms with Gasteiger partial charge in [0, 0.05) is 15.4 Å². The van der Waals surface area contributed by atoms with E-state index in [1.54, 1.807) is 29.5 Å². The topological polar surface area (TPSA) is 46.2 Å². The summed E-state index contributed by atoms with van der Waals surface area (Å²) < 4.78 is 28.9. The minimum Gasteiger partial charge on any atom is -0.207 e. The number of nitrogens with one attached hydrogen (secondary N) is 1. The molecule has 1 heterocycles. The smallest absolute Gasteiger partial charge is 0.207 e. The summed E-state index contributed by atoms with van der Waals surface area (Å²) in [4.78, 5) is 1.63. The summed E-state index contributed by atoms with van der Waals surface area (Å²) in [7, 11) is -3.49. The van der Waals surface area contributed by atoms with E-state index >= 15 is 0 Å². The molecule has 21 heavy (non-hydrogen) atoms. The summed E-state index contributed by atoms with van der Waals surface area (Å²) >= 11 is 5.11. The van der Waals surface area contributed by atoms with Crippen LogP contribution in [0, 0.1) is 6.92 Å². The lowest BCUT2D eigenvalue weighted by Gasteiger charge is -2.23. The highest BCUT2D eigenvalue weighted by Crippen LogP contribution is 2.34. The van der Waals surface area contributed by atoms with E-state index in [-0.39, 0.29) is 6.04 Å². The van der Waals surface area contributed by atoms with Crippen molar-refractivity contribution in [3.05, 3.63) is 50.1 Å². The van der Waals surface area contributed by atoms with Crippen molar-refractivity contribution in [3.8, 4) is 0 Å². The molecule has 1 aromatic carbocycles. The molecule has 0 aliphatic heterocycles. The van der Waals surface area contributed by atoms with Crippen LogP contribution in [-0.4, -0.2) is 8.42 Å². The molecule has 0 fully saturated rings. The summed E-state index contributed by atoms with van der Waals surface area (Å²) in [6.07, 6.45) is 2.95. The Morgan fingerprint density at radius 1 is 1.33 bits per heavy atom. The maximum absolute atomic E-state index is 12.6. The molecule has 1 aliphatic rings. The zero-order valence-corrected chi connectivity index (χ0v) is 14.8. The Bertz CT molecular complexity index is 768. The molecule has 0 amide bonds. The molecule has 3 rings (SSSR count). The normalized spacial score (nSPS) is 18.5. The van der Waals surface area contributed by atoms with Crippen molar-refractivity contribution in [3.63, 3.8) is 0 Å². The fourth-order valence-corrected chi connectivity index (χ4v) is 5.22. The monoisotopic (exact) mass is 385 g/mol. The van der Waals surface area contributed by atoms with Crippen LogP contribution >= 0.6 is 27.3 Å². The van der Waals surface area contributed by atoms with E-state index in [0.29, 0.717) is 4.90 Å². The van der Waals surface area contributed by atoms with Gasteiger partial charge in [-0.15, -0.1) is 11.3 Å². The quantitative estimate of drug-likeness (QED) is 0.861. The first-order chi connectivity index (χ1) is 9.97. The summed E-state index contributed by atoms with van der Waals surface area (Å²) in [5, 5.41) is 2.04. The number of hydrogen-bond donors (Lipinski definition) is 1. The first kappa shape index (κ1) is 15.2. The number of hydrogen-bond acceptors (Lipinski definition) is 3. The second-order valence-corrected chi connectivity index (χ2v) is 8.85. The first-order valence-corrected chi connectivity index (χ1v) is 9.98. The molecular formula is C15H16BrNO2S2. The van der Waals surface area contributed by atoms with E-state index in [1.807, 2.05) is 18.4 Å². The van der Waals surface area contributed by atoms with Gasteiger partial charge >= 0.3 is 0 Å². The molecule has 1 aromatic heterocycles. The van der Waals surface area contributed by atoms with Gasteiger partial charge in [0.2, 0.25) is 10.0 Å². The van der Waals surface area contributed by atoms with E-state index in [0.717, 1.165) is 34.9 Å². The lowest BCUT2D eigenvalue weighted by molar-refractivity contribution is 0.511. The number of sulfonamides is 1. The predicted molar refractivity (Wildman–Crippen MR) is 89.2 cm³/mol. The maximum atomic E-state index is 12.6. The first-order valence-electron chi connectivity index (χ1n) is 6.82. The molecule has 1 atom stereocenters. The summed E-state index contributed by atoms with van der Waals surface area (Å²) in [6.45, 7) is 1.89. The molecule has 3 nitrogen and oxygen atoms in total. The van der Waals surface area contributed by atoms with E-state index < -0.39 is 10.0 Å². The fourth-order valence-electron chi connectivity index (χ4n) is 2.65. The molecule has 1 N–H and O–H groups in total. The lowest BCUT2D eigenvalue weighted by atomic mass is 9.95. The Morgan fingerprint density at radius 2 is 2.14 bits per heavy atom. The average Bonchev–Trinajstić information content (AvgIpc) is 2.91. The van der Waals surface area contributed by atoms with E-state index in [9.17, 15) is 8.42 Å². The Balaban J connectivity index is 1.89. The Morgan fingerprint density at radius 3 is 2.90 bits per heavy atom. The minimum absolute atomic E-state index is 0.103. The highest BCUT2D eigenvalue weighted by molar-refractivity contribution is 9.10. The lowest BCUT2D eigenvalue weighted by Crippen LogP contribution is -2.30. The summed E-state index contributed by atoms with van der Waals surface area (Å²) in [5.41, 5.74) is 2.06. The highest BCUT2D eigenvalue weighted by atomic mass is 79.9. The van der Waals surface area contributed by atoms with Gasteiger partial charge in [0.25, 0.3) is 0 Å². The number of rotatable bonds is 3. The average molecular weight is 386 g/mol. The van der Waals surface area contributed by atoms with Crippen LogP contribution in [0.3, 0.4) is 0 Å². The molecule has 0 radical (unpaired) electrons. The molecule has 6 heteroatoms. The van der Waals surface area contributed by atoms with Crippen molar-refractivity contribution >= 4 is 37.3 Å². The number of fused-ring (bicyclic) bond motifs is 1. The van der Waals surface area contributed by atoms with Crippen molar-refractivity contribution in [2.45, 2.75) is 37.1 Å². The van der Waals surface area contributed by atoms with Crippen LogP contribution < -0.4 is 4.72 Å². The van der Waals surface area contributed by atoms with Gasteiger partial charge in [0.1, 0.15) is 0 Å². The molecule has 0 saturated carbocycles. The van der Waals surface area contributed by atoms with Gasteiger partial charge in [-0.2, -0.15) is 0 Å². The second-order valence-electron chi connectivity index (χ2n) is 5.28. The van der Waals surface area contributed by atoms with E-state index in [4.69, 9.17) is 0 Å². The van der Waals surface area contributed by atoms with Gasteiger partial charge in [0.15, 0.2) is 0 Å². The maximum Gasteiger partial charge on any atom is 0.241 e. The van der Waals surface area contributed by atoms with Crippen LogP contribution in [0.25, 0.3) is 0 Å². The van der Waals surface area contributed by atoms with Crippen molar-refractivity contribution in [2.24, 2.45) is 0 Å². The third-order valence-corrected chi connectivity index (χ3v) is 7.14. The fraction of sp³-hybridized carbons (Fsp3) is 0.333. The number of thiophene rings is 1. The molecule has 0 spiro atoms. The molecule has 2 aromatic rings. The standard InChI is InChI=1S/C15H16BrNO2S2/c1-10-9-11(5-6-13(10)16)21(18,19)17-14-3-2-4-15-12(14)7-8-20-15/h5-9,14,17H,2-4H2,1H3. The molecule has 0 saturated heterocycles. The van der Waals surface area contributed by atoms with Gasteiger partial charge in [-0.05, 0) is 67.0 Å². The number of benzene rings is 1. The highest BCUT2D eigenvalue weighted by Gasteiger charge is 2.26. The van der Waals surface area contributed by atoms with Crippen LogP contribution in [0.15, 0.2) is 39.0 Å². The molecule has 0 bridgehead atoms. The SMILES string of the molecule is Cc1cc(S(=O)(=O)NC2CCCc3sccc32)ccc1Br. The Kier molecular flexibility index (Phi) is 4.23. The van der Waals surface area contributed by atoms with Gasteiger partial charge in [-0.1, -0.05) is 15.9 Å². The number of halogens is 1. The van der Waals surface area contributed by atoms with Crippen molar-refractivity contribution < 1.29 is 8.42 Å². The van der Waals surface area contributed by atoms with Gasteiger partial charge in [-0.3, -0.25) is 0 Å². The zero-order chi connectivity index (χ0) is 15.0. The van der Waals surface area contributed by atoms with Gasteiger partial charge in [-0.25, -0.2) is 13.1 Å². The second kappa shape index (κ2) is 5.83. The Labute approximate surface area is 137 Å². The number of aryl methyl sites for hydroxylation is 2. The minimum atomic E-state index is -3.49. The molecule has 1 aliphatic carbocycles. The molecule has 1 unspecified atom stereocenters. The summed E-state index contributed by atoms with van der Waals surface area (Å²) in [5.74, 6) is 0. The van der Waals surface area contributed by atoms with Gasteiger partial charge in [0.05, 0.1) is 4.90 Å².